The van der Waals surface area contributed by atoms with Gasteiger partial charge < -0.3 is 19.5 Å². The van der Waals surface area contributed by atoms with E-state index in [0.29, 0.717) is 41.0 Å². The van der Waals surface area contributed by atoms with Gasteiger partial charge in [-0.25, -0.2) is 15.0 Å². The molecule has 5 aromatic rings. The van der Waals surface area contributed by atoms with Crippen molar-refractivity contribution in [2.75, 3.05) is 33.3 Å². The molecule has 0 aliphatic carbocycles. The smallest absolute Gasteiger partial charge is 0.295 e. The fourth-order valence-corrected chi connectivity index (χ4v) is 6.19. The molecule has 10 nitrogen and oxygen atoms in total. The molecule has 1 fully saturated rings. The van der Waals surface area contributed by atoms with E-state index in [1.165, 1.54) is 40.9 Å². The molecule has 0 bridgehead atoms. The third-order valence-corrected chi connectivity index (χ3v) is 8.48. The molecular weight excluding hydrogens is 536 g/mol. The number of benzene rings is 1. The SMILES string of the molecule is COc1cnc(-c2cnc(-c3nccs3)s2)c2[nH]cc(C(=O)C(=O)N3CCN(C(=O)c4ccccc4)CC3)c12. The van der Waals surface area contributed by atoms with Crippen LogP contribution in [0.5, 0.6) is 5.75 Å². The maximum atomic E-state index is 13.4. The number of amides is 2. The van der Waals surface area contributed by atoms with Gasteiger partial charge in [0, 0.05) is 55.7 Å². The Kier molecular flexibility index (Phi) is 6.63. The number of thiazole rings is 2. The average molecular weight is 559 g/mol. The second-order valence-electron chi connectivity index (χ2n) is 8.77. The van der Waals surface area contributed by atoms with Crippen LogP contribution in [0.25, 0.3) is 31.5 Å². The number of hydrogen-bond acceptors (Lipinski definition) is 9. The maximum absolute atomic E-state index is 13.4. The Morgan fingerprint density at radius 3 is 2.44 bits per heavy atom. The fraction of sp³-hybridized carbons (Fsp3) is 0.185. The molecule has 6 rings (SSSR count). The summed E-state index contributed by atoms with van der Waals surface area (Å²) in [5.74, 6) is -0.968. The number of rotatable bonds is 6. The highest BCUT2D eigenvalue weighted by Gasteiger charge is 2.31. The number of carbonyl (C=O) groups excluding carboxylic acids is 3. The van der Waals surface area contributed by atoms with E-state index >= 15 is 0 Å². The number of fused-ring (bicyclic) bond motifs is 1. The Morgan fingerprint density at radius 1 is 0.949 bits per heavy atom. The molecule has 1 aromatic carbocycles. The highest BCUT2D eigenvalue weighted by atomic mass is 32.1. The number of nitrogens with zero attached hydrogens (tertiary/aromatic N) is 5. The van der Waals surface area contributed by atoms with E-state index in [1.807, 2.05) is 23.6 Å². The molecule has 0 saturated carbocycles. The first-order valence-electron chi connectivity index (χ1n) is 12.1. The number of ketones is 1. The van der Waals surface area contributed by atoms with Gasteiger partial charge >= 0.3 is 0 Å². The van der Waals surface area contributed by atoms with E-state index in [0.717, 1.165) is 14.9 Å². The van der Waals surface area contributed by atoms with Crippen LogP contribution in [0.4, 0.5) is 0 Å². The van der Waals surface area contributed by atoms with Crippen LogP contribution in [0, 0.1) is 0 Å². The summed E-state index contributed by atoms with van der Waals surface area (Å²) in [6.45, 7) is 1.25. The van der Waals surface area contributed by atoms with Crippen LogP contribution in [0.3, 0.4) is 0 Å². The van der Waals surface area contributed by atoms with Gasteiger partial charge in [0.25, 0.3) is 17.6 Å². The number of aromatic nitrogens is 4. The van der Waals surface area contributed by atoms with Crippen LogP contribution in [0.2, 0.25) is 0 Å². The first kappa shape index (κ1) is 24.9. The minimum Gasteiger partial charge on any atom is -0.494 e. The molecule has 2 amide bonds. The lowest BCUT2D eigenvalue weighted by atomic mass is 10.1. The number of piperazine rings is 1. The Bertz CT molecular complexity index is 1670. The molecule has 12 heteroatoms. The van der Waals surface area contributed by atoms with E-state index in [4.69, 9.17) is 4.74 Å². The second-order valence-corrected chi connectivity index (χ2v) is 10.7. The number of Topliss-reactive ketones (excluding diaryl/α,β-unsaturated/α-hetero) is 1. The molecule has 1 aliphatic rings. The van der Waals surface area contributed by atoms with Crippen molar-refractivity contribution < 1.29 is 19.1 Å². The minimum atomic E-state index is -0.646. The van der Waals surface area contributed by atoms with Crippen molar-refractivity contribution in [2.24, 2.45) is 0 Å². The quantitative estimate of drug-likeness (QED) is 0.247. The molecule has 0 radical (unpaired) electrons. The lowest BCUT2D eigenvalue weighted by Crippen LogP contribution is -2.52. The third kappa shape index (κ3) is 4.57. The van der Waals surface area contributed by atoms with Gasteiger partial charge in [0.2, 0.25) is 0 Å². The largest absolute Gasteiger partial charge is 0.494 e. The Hall–Kier alpha value is -4.42. The van der Waals surface area contributed by atoms with Crippen LogP contribution in [0.1, 0.15) is 20.7 Å². The molecule has 5 heterocycles. The van der Waals surface area contributed by atoms with Gasteiger partial charge in [0.15, 0.2) is 10.0 Å². The average Bonchev–Trinajstić information content (AvgIpc) is 3.77. The van der Waals surface area contributed by atoms with Crippen LogP contribution in [-0.4, -0.2) is 80.6 Å². The van der Waals surface area contributed by atoms with Crippen molar-refractivity contribution in [1.29, 1.82) is 0 Å². The van der Waals surface area contributed by atoms with Crippen molar-refractivity contribution in [3.63, 3.8) is 0 Å². The molecule has 0 spiro atoms. The van der Waals surface area contributed by atoms with E-state index in [2.05, 4.69) is 19.9 Å². The minimum absolute atomic E-state index is 0.0866. The van der Waals surface area contributed by atoms with E-state index < -0.39 is 11.7 Å². The molecule has 39 heavy (non-hydrogen) atoms. The van der Waals surface area contributed by atoms with Gasteiger partial charge in [0.1, 0.15) is 11.4 Å². The normalized spacial score (nSPS) is 13.6. The second kappa shape index (κ2) is 10.4. The number of methoxy groups -OCH3 is 1. The van der Waals surface area contributed by atoms with Gasteiger partial charge in [-0.2, -0.15) is 0 Å². The predicted molar refractivity (Wildman–Crippen MR) is 148 cm³/mol. The summed E-state index contributed by atoms with van der Waals surface area (Å²) in [6, 6.07) is 9.02. The lowest BCUT2D eigenvalue weighted by molar-refractivity contribution is -0.127. The van der Waals surface area contributed by atoms with Gasteiger partial charge in [-0.1, -0.05) is 18.2 Å². The first-order chi connectivity index (χ1) is 19.0. The summed E-state index contributed by atoms with van der Waals surface area (Å²) in [7, 11) is 1.50. The molecule has 0 unspecified atom stereocenters. The number of pyridine rings is 1. The molecule has 1 aliphatic heterocycles. The van der Waals surface area contributed by atoms with E-state index in [1.54, 1.807) is 35.6 Å². The summed E-state index contributed by atoms with van der Waals surface area (Å²) in [4.78, 5) is 59.9. The zero-order chi connectivity index (χ0) is 26.9. The van der Waals surface area contributed by atoms with Crippen LogP contribution in [0.15, 0.2) is 60.5 Å². The molecule has 1 saturated heterocycles. The number of aromatic amines is 1. The Morgan fingerprint density at radius 2 is 1.72 bits per heavy atom. The highest BCUT2D eigenvalue weighted by molar-refractivity contribution is 7.22. The number of H-pyrrole nitrogens is 1. The molecule has 1 N–H and O–H groups in total. The highest BCUT2D eigenvalue weighted by Crippen LogP contribution is 2.38. The van der Waals surface area contributed by atoms with Crippen LogP contribution in [-0.2, 0) is 4.79 Å². The van der Waals surface area contributed by atoms with Crippen LogP contribution < -0.4 is 4.74 Å². The zero-order valence-corrected chi connectivity index (χ0v) is 22.4. The Balaban J connectivity index is 1.24. The van der Waals surface area contributed by atoms with E-state index in [9.17, 15) is 14.4 Å². The molecule has 196 valence electrons. The summed E-state index contributed by atoms with van der Waals surface area (Å²) < 4.78 is 5.51. The van der Waals surface area contributed by atoms with Gasteiger partial charge in [-0.05, 0) is 12.1 Å². The van der Waals surface area contributed by atoms with Gasteiger partial charge in [0.05, 0.1) is 34.7 Å². The van der Waals surface area contributed by atoms with Crippen molar-refractivity contribution in [3.8, 4) is 26.3 Å². The lowest BCUT2D eigenvalue weighted by Gasteiger charge is -2.34. The molecular formula is C27H22N6O4S2. The maximum Gasteiger partial charge on any atom is 0.295 e. The predicted octanol–water partition coefficient (Wildman–Crippen LogP) is 3.99. The monoisotopic (exact) mass is 558 g/mol. The number of hydrogen-bond donors (Lipinski definition) is 1. The summed E-state index contributed by atoms with van der Waals surface area (Å²) in [5, 5.41) is 3.97. The number of ether oxygens (including phenoxy) is 1. The van der Waals surface area contributed by atoms with Gasteiger partial charge in [-0.3, -0.25) is 14.4 Å². The topological polar surface area (TPSA) is 121 Å². The number of nitrogens with one attached hydrogen (secondary N) is 1. The van der Waals surface area contributed by atoms with E-state index in [-0.39, 0.29) is 24.6 Å². The summed E-state index contributed by atoms with van der Waals surface area (Å²) in [6.07, 6.45) is 6.52. The van der Waals surface area contributed by atoms with Crippen molar-refractivity contribution in [2.45, 2.75) is 0 Å². The van der Waals surface area contributed by atoms with Crippen molar-refractivity contribution in [1.82, 2.24) is 29.7 Å². The molecule has 4 aromatic heterocycles. The van der Waals surface area contributed by atoms with Crippen molar-refractivity contribution in [3.05, 3.63) is 71.6 Å². The van der Waals surface area contributed by atoms with Crippen molar-refractivity contribution >= 4 is 51.2 Å². The summed E-state index contributed by atoms with van der Waals surface area (Å²) >= 11 is 2.94. The Labute approximate surface area is 230 Å². The molecule has 0 atom stereocenters. The fourth-order valence-electron chi connectivity index (χ4n) is 4.59. The first-order valence-corrected chi connectivity index (χ1v) is 13.8. The number of carbonyl (C=O) groups is 3. The summed E-state index contributed by atoms with van der Waals surface area (Å²) in [5.41, 5.74) is 2.00. The van der Waals surface area contributed by atoms with Crippen LogP contribution >= 0.6 is 22.7 Å². The standard InChI is InChI=1S/C27H22N6O4S2/c1-37-18-14-30-21(19-15-31-25(39-19)24-28-7-12-38-24)22-20(18)17(13-29-22)23(34)27(36)33-10-8-32(9-11-33)26(35)16-5-3-2-4-6-16/h2-7,12-15,29H,8-11H2,1H3. The zero-order valence-electron chi connectivity index (χ0n) is 20.8. The third-order valence-electron chi connectivity index (χ3n) is 6.56. The van der Waals surface area contributed by atoms with Gasteiger partial charge in [-0.15, -0.1) is 22.7 Å².